The van der Waals surface area contributed by atoms with E-state index in [0.717, 1.165) is 16.5 Å². The van der Waals surface area contributed by atoms with Crippen molar-refractivity contribution in [2.24, 2.45) is 5.10 Å². The van der Waals surface area contributed by atoms with Crippen molar-refractivity contribution in [1.29, 1.82) is 0 Å². The van der Waals surface area contributed by atoms with Gasteiger partial charge in [0.2, 0.25) is 5.91 Å². The first-order valence-electron chi connectivity index (χ1n) is 8.13. The topological polar surface area (TPSA) is 57.2 Å². The first-order valence-corrected chi connectivity index (χ1v) is 9.12. The number of aromatic amines is 1. The number of fused-ring (bicyclic) bond motifs is 1. The lowest BCUT2D eigenvalue weighted by molar-refractivity contribution is -0.118. The van der Waals surface area contributed by atoms with E-state index in [1.165, 1.54) is 21.6 Å². The van der Waals surface area contributed by atoms with E-state index in [9.17, 15) is 4.79 Å². The van der Waals surface area contributed by atoms with E-state index in [1.807, 2.05) is 30.5 Å². The number of rotatable bonds is 5. The van der Waals surface area contributed by atoms with Crippen molar-refractivity contribution >= 4 is 34.8 Å². The summed E-state index contributed by atoms with van der Waals surface area (Å²) in [5.41, 5.74) is 8.26. The van der Waals surface area contributed by atoms with E-state index in [2.05, 4.69) is 48.4 Å². The summed E-state index contributed by atoms with van der Waals surface area (Å²) in [4.78, 5) is 16.4. The fourth-order valence-electron chi connectivity index (χ4n) is 2.94. The number of aromatic nitrogens is 1. The number of nitrogens with zero attached hydrogens (tertiary/aromatic N) is 1. The maximum Gasteiger partial charge on any atom is 0.250 e. The van der Waals surface area contributed by atoms with Crippen molar-refractivity contribution in [2.75, 3.05) is 5.75 Å². The lowest BCUT2D eigenvalue weighted by atomic mass is 10.1. The van der Waals surface area contributed by atoms with Crippen LogP contribution >= 0.6 is 11.8 Å². The Morgan fingerprint density at radius 1 is 1.20 bits per heavy atom. The van der Waals surface area contributed by atoms with Crippen LogP contribution in [0.4, 0.5) is 0 Å². The number of aryl methyl sites for hydroxylation is 3. The summed E-state index contributed by atoms with van der Waals surface area (Å²) < 4.78 is 0. The Morgan fingerprint density at radius 2 is 1.92 bits per heavy atom. The molecule has 4 nitrogen and oxygen atoms in total. The van der Waals surface area contributed by atoms with Crippen molar-refractivity contribution in [2.45, 2.75) is 25.7 Å². The molecule has 1 amide bonds. The Hall–Kier alpha value is -2.53. The van der Waals surface area contributed by atoms with Crippen LogP contribution in [0.15, 0.2) is 52.6 Å². The molecule has 5 heteroatoms. The summed E-state index contributed by atoms with van der Waals surface area (Å²) in [6.07, 6.45) is 3.55. The van der Waals surface area contributed by atoms with Gasteiger partial charge in [-0.2, -0.15) is 5.10 Å². The van der Waals surface area contributed by atoms with Crippen LogP contribution in [-0.2, 0) is 4.79 Å². The Labute approximate surface area is 151 Å². The van der Waals surface area contributed by atoms with Gasteiger partial charge < -0.3 is 4.98 Å². The van der Waals surface area contributed by atoms with E-state index in [1.54, 1.807) is 18.0 Å². The molecule has 3 aromatic rings. The van der Waals surface area contributed by atoms with E-state index in [-0.39, 0.29) is 5.91 Å². The molecular weight excluding hydrogens is 330 g/mol. The number of benzene rings is 2. The number of amides is 1. The quantitative estimate of drug-likeness (QED) is 0.408. The van der Waals surface area contributed by atoms with Gasteiger partial charge >= 0.3 is 0 Å². The SMILES string of the molecule is Cc1cc(C)c(SCC(=O)NN=Cc2c[nH]c3ccccc23)c(C)c1. The molecule has 128 valence electrons. The van der Waals surface area contributed by atoms with Gasteiger partial charge in [-0.1, -0.05) is 35.9 Å². The highest BCUT2D eigenvalue weighted by molar-refractivity contribution is 8.00. The molecular formula is C20H21N3OS. The van der Waals surface area contributed by atoms with Gasteiger partial charge in [0.1, 0.15) is 0 Å². The largest absolute Gasteiger partial charge is 0.361 e. The molecule has 2 N–H and O–H groups in total. The standard InChI is InChI=1S/C20H21N3OS/c1-13-8-14(2)20(15(3)9-13)25-12-19(24)23-22-11-16-10-21-18-7-5-4-6-17(16)18/h4-11,21H,12H2,1-3H3,(H,23,24). The molecule has 0 saturated heterocycles. The number of hydrogen-bond acceptors (Lipinski definition) is 3. The van der Waals surface area contributed by atoms with Crippen molar-refractivity contribution in [3.63, 3.8) is 0 Å². The predicted molar refractivity (Wildman–Crippen MR) is 105 cm³/mol. The molecule has 0 spiro atoms. The summed E-state index contributed by atoms with van der Waals surface area (Å²) in [5, 5.41) is 5.16. The molecule has 0 radical (unpaired) electrons. The third-order valence-corrected chi connectivity index (χ3v) is 5.31. The summed E-state index contributed by atoms with van der Waals surface area (Å²) in [6.45, 7) is 6.24. The minimum Gasteiger partial charge on any atom is -0.361 e. The van der Waals surface area contributed by atoms with Crippen LogP contribution in [0.25, 0.3) is 10.9 Å². The minimum atomic E-state index is -0.111. The van der Waals surface area contributed by atoms with Crippen LogP contribution in [-0.4, -0.2) is 22.9 Å². The Bertz CT molecular complexity index is 920. The summed E-state index contributed by atoms with van der Waals surface area (Å²) in [6, 6.07) is 12.3. The van der Waals surface area contributed by atoms with Crippen LogP contribution in [0.5, 0.6) is 0 Å². The first-order chi connectivity index (χ1) is 12.0. The zero-order valence-electron chi connectivity index (χ0n) is 14.6. The van der Waals surface area contributed by atoms with Crippen molar-refractivity contribution < 1.29 is 4.79 Å². The lowest BCUT2D eigenvalue weighted by Crippen LogP contribution is -2.19. The third-order valence-electron chi connectivity index (χ3n) is 3.97. The highest BCUT2D eigenvalue weighted by atomic mass is 32.2. The molecule has 0 bridgehead atoms. The summed E-state index contributed by atoms with van der Waals surface area (Å²) in [5.74, 6) is 0.233. The number of hydrogen-bond donors (Lipinski definition) is 2. The number of H-pyrrole nitrogens is 1. The predicted octanol–water partition coefficient (Wildman–Crippen LogP) is 4.34. The summed E-state index contributed by atoms with van der Waals surface area (Å²) in [7, 11) is 0. The van der Waals surface area contributed by atoms with Gasteiger partial charge in [-0.15, -0.1) is 11.8 Å². The van der Waals surface area contributed by atoms with Gasteiger partial charge in [0, 0.05) is 27.6 Å². The van der Waals surface area contributed by atoms with Crippen LogP contribution in [0.2, 0.25) is 0 Å². The van der Waals surface area contributed by atoms with Gasteiger partial charge in [0.25, 0.3) is 0 Å². The number of nitrogens with one attached hydrogen (secondary N) is 2. The van der Waals surface area contributed by atoms with Crippen molar-refractivity contribution in [3.05, 3.63) is 64.8 Å². The molecule has 3 rings (SSSR count). The van der Waals surface area contributed by atoms with Crippen LogP contribution < -0.4 is 5.43 Å². The number of carbonyl (C=O) groups is 1. The molecule has 2 aromatic carbocycles. The van der Waals surface area contributed by atoms with Crippen LogP contribution in [0.1, 0.15) is 22.3 Å². The molecule has 1 heterocycles. The number of hydrazone groups is 1. The van der Waals surface area contributed by atoms with E-state index < -0.39 is 0 Å². The Morgan fingerprint density at radius 3 is 2.68 bits per heavy atom. The number of para-hydroxylation sites is 1. The zero-order valence-corrected chi connectivity index (χ0v) is 15.4. The monoisotopic (exact) mass is 351 g/mol. The normalized spacial score (nSPS) is 11.3. The van der Waals surface area contributed by atoms with Gasteiger partial charge in [-0.05, 0) is 38.0 Å². The maximum atomic E-state index is 12.0. The molecule has 0 unspecified atom stereocenters. The van der Waals surface area contributed by atoms with Crippen molar-refractivity contribution in [3.8, 4) is 0 Å². The molecule has 1 aromatic heterocycles. The smallest absolute Gasteiger partial charge is 0.250 e. The molecule has 0 saturated carbocycles. The highest BCUT2D eigenvalue weighted by Crippen LogP contribution is 2.27. The molecule has 0 aliphatic heterocycles. The van der Waals surface area contributed by atoms with E-state index in [4.69, 9.17) is 0 Å². The molecule has 0 aliphatic carbocycles. The minimum absolute atomic E-state index is 0.111. The fraction of sp³-hybridized carbons (Fsp3) is 0.200. The third kappa shape index (κ3) is 4.12. The maximum absolute atomic E-state index is 12.0. The average Bonchev–Trinajstić information content (AvgIpc) is 2.97. The van der Waals surface area contributed by atoms with Gasteiger partial charge in [0.05, 0.1) is 12.0 Å². The fourth-order valence-corrected chi connectivity index (χ4v) is 3.85. The van der Waals surface area contributed by atoms with E-state index in [0.29, 0.717) is 5.75 Å². The first kappa shape index (κ1) is 17.3. The number of carbonyl (C=O) groups excluding carboxylic acids is 1. The Kier molecular flexibility index (Phi) is 5.24. The lowest BCUT2D eigenvalue weighted by Gasteiger charge is -2.10. The molecule has 25 heavy (non-hydrogen) atoms. The second-order valence-corrected chi connectivity index (χ2v) is 7.08. The highest BCUT2D eigenvalue weighted by Gasteiger charge is 2.08. The zero-order chi connectivity index (χ0) is 17.8. The average molecular weight is 351 g/mol. The van der Waals surface area contributed by atoms with Crippen LogP contribution in [0, 0.1) is 20.8 Å². The molecule has 0 atom stereocenters. The van der Waals surface area contributed by atoms with Gasteiger partial charge in [0.15, 0.2) is 0 Å². The Balaban J connectivity index is 1.58. The second kappa shape index (κ2) is 7.57. The second-order valence-electron chi connectivity index (χ2n) is 6.10. The van der Waals surface area contributed by atoms with Gasteiger partial charge in [-0.3, -0.25) is 4.79 Å². The van der Waals surface area contributed by atoms with Crippen molar-refractivity contribution in [1.82, 2.24) is 10.4 Å². The van der Waals surface area contributed by atoms with E-state index >= 15 is 0 Å². The summed E-state index contributed by atoms with van der Waals surface area (Å²) >= 11 is 1.55. The molecule has 0 fully saturated rings. The van der Waals surface area contributed by atoms with Gasteiger partial charge in [-0.25, -0.2) is 5.43 Å². The van der Waals surface area contributed by atoms with Crippen LogP contribution in [0.3, 0.4) is 0 Å². The molecule has 0 aliphatic rings. The number of thioether (sulfide) groups is 1.